The molecule has 0 aliphatic carbocycles. The van der Waals surface area contributed by atoms with Gasteiger partial charge >= 0.3 is 0 Å². The number of hydrogen-bond acceptors (Lipinski definition) is 2. The lowest BCUT2D eigenvalue weighted by atomic mass is 9.68. The maximum atomic E-state index is 11.7. The van der Waals surface area contributed by atoms with Gasteiger partial charge in [-0.3, -0.25) is 4.98 Å². The van der Waals surface area contributed by atoms with Crippen LogP contribution in [0.15, 0.2) is 73.1 Å². The van der Waals surface area contributed by atoms with Crippen molar-refractivity contribution in [2.24, 2.45) is 5.41 Å². The third-order valence-electron chi connectivity index (χ3n) is 5.55. The highest BCUT2D eigenvalue weighted by molar-refractivity contribution is 5.64. The Balaban J connectivity index is 1.99. The predicted molar refractivity (Wildman–Crippen MR) is 117 cm³/mol. The van der Waals surface area contributed by atoms with E-state index < -0.39 is 5.60 Å². The number of rotatable bonds is 3. The highest BCUT2D eigenvalue weighted by Crippen LogP contribution is 2.44. The van der Waals surface area contributed by atoms with Crippen LogP contribution in [0.4, 0.5) is 0 Å². The molecular formula is C26H31NO. The Morgan fingerprint density at radius 1 is 0.643 bits per heavy atom. The zero-order chi connectivity index (χ0) is 20.6. The van der Waals surface area contributed by atoms with Gasteiger partial charge in [0.2, 0.25) is 0 Å². The Labute approximate surface area is 169 Å². The fourth-order valence-corrected chi connectivity index (χ4v) is 3.68. The van der Waals surface area contributed by atoms with Crippen LogP contribution in [0.25, 0.3) is 11.1 Å². The molecule has 0 spiro atoms. The zero-order valence-corrected chi connectivity index (χ0v) is 17.8. The summed E-state index contributed by atoms with van der Waals surface area (Å²) in [4.78, 5) is 4.22. The highest BCUT2D eigenvalue weighted by atomic mass is 16.3. The molecule has 28 heavy (non-hydrogen) atoms. The van der Waals surface area contributed by atoms with Gasteiger partial charge in [0.1, 0.15) is 5.60 Å². The Morgan fingerprint density at radius 3 is 1.54 bits per heavy atom. The van der Waals surface area contributed by atoms with Gasteiger partial charge in [0, 0.05) is 18.0 Å². The van der Waals surface area contributed by atoms with Gasteiger partial charge in [0.25, 0.3) is 0 Å². The largest absolute Gasteiger partial charge is 0.380 e. The smallest absolute Gasteiger partial charge is 0.121 e. The first kappa shape index (κ1) is 20.3. The predicted octanol–water partition coefficient (Wildman–Crippen LogP) is 6.33. The molecule has 1 aromatic heterocycles. The summed E-state index contributed by atoms with van der Waals surface area (Å²) in [6.07, 6.45) is 3.49. The quantitative estimate of drug-likeness (QED) is 0.582. The second-order valence-corrected chi connectivity index (χ2v) is 9.61. The van der Waals surface area contributed by atoms with Crippen molar-refractivity contribution in [3.8, 4) is 11.1 Å². The van der Waals surface area contributed by atoms with E-state index >= 15 is 0 Å². The lowest BCUT2D eigenvalue weighted by Gasteiger charge is -2.41. The molecule has 2 heteroatoms. The molecule has 0 aliphatic rings. The summed E-state index contributed by atoms with van der Waals surface area (Å²) in [5.41, 5.74) is 3.99. The molecule has 3 aromatic rings. The van der Waals surface area contributed by atoms with Crippen molar-refractivity contribution in [2.45, 2.75) is 52.6 Å². The summed E-state index contributed by atoms with van der Waals surface area (Å²) in [6, 6.07) is 20.8. The number of aromatic nitrogens is 1. The van der Waals surface area contributed by atoms with Crippen molar-refractivity contribution < 1.29 is 5.11 Å². The van der Waals surface area contributed by atoms with Crippen molar-refractivity contribution in [1.29, 1.82) is 0 Å². The van der Waals surface area contributed by atoms with Crippen LogP contribution in [0.1, 0.15) is 58.2 Å². The molecule has 0 saturated carbocycles. The fourth-order valence-electron chi connectivity index (χ4n) is 3.68. The minimum absolute atomic E-state index is 0.148. The SMILES string of the molecule is CC(C)(C)c1ccc(-c2ccc(C(O)(c3cccnc3)C(C)(C)C)cc2)cc1. The van der Waals surface area contributed by atoms with Gasteiger partial charge in [-0.05, 0) is 39.2 Å². The summed E-state index contributed by atoms with van der Waals surface area (Å²) in [5.74, 6) is 0. The first-order chi connectivity index (χ1) is 13.0. The fraction of sp³-hybridized carbons (Fsp3) is 0.346. The van der Waals surface area contributed by atoms with Crippen LogP contribution in [-0.4, -0.2) is 10.1 Å². The van der Waals surface area contributed by atoms with E-state index in [1.807, 2.05) is 24.3 Å². The van der Waals surface area contributed by atoms with E-state index in [2.05, 4.69) is 82.9 Å². The Morgan fingerprint density at radius 2 is 1.14 bits per heavy atom. The first-order valence-corrected chi connectivity index (χ1v) is 9.88. The molecule has 0 radical (unpaired) electrons. The summed E-state index contributed by atoms with van der Waals surface area (Å²) in [7, 11) is 0. The molecule has 2 nitrogen and oxygen atoms in total. The molecule has 1 atom stereocenters. The van der Waals surface area contributed by atoms with Gasteiger partial charge in [-0.25, -0.2) is 0 Å². The normalized spacial score (nSPS) is 14.5. The summed E-state index contributed by atoms with van der Waals surface area (Å²) in [6.45, 7) is 12.8. The van der Waals surface area contributed by atoms with Crippen molar-refractivity contribution in [2.75, 3.05) is 0 Å². The van der Waals surface area contributed by atoms with E-state index in [0.29, 0.717) is 0 Å². The second-order valence-electron chi connectivity index (χ2n) is 9.61. The monoisotopic (exact) mass is 373 g/mol. The molecule has 2 aromatic carbocycles. The standard InChI is InChI=1S/C26H31NO/c1-24(2,3)21-13-9-19(10-14-21)20-11-15-22(16-12-20)26(28,25(4,5)6)23-8-7-17-27-18-23/h7-18,28H,1-6H3. The van der Waals surface area contributed by atoms with E-state index in [4.69, 9.17) is 0 Å². The molecule has 146 valence electrons. The number of pyridine rings is 1. The molecule has 0 bridgehead atoms. The highest BCUT2D eigenvalue weighted by Gasteiger charge is 2.43. The summed E-state index contributed by atoms with van der Waals surface area (Å²) >= 11 is 0. The van der Waals surface area contributed by atoms with Crippen molar-refractivity contribution in [3.63, 3.8) is 0 Å². The van der Waals surface area contributed by atoms with Crippen molar-refractivity contribution in [3.05, 3.63) is 89.7 Å². The van der Waals surface area contributed by atoms with Crippen LogP contribution in [0.5, 0.6) is 0 Å². The summed E-state index contributed by atoms with van der Waals surface area (Å²) in [5, 5.41) is 11.7. The molecule has 1 unspecified atom stereocenters. The van der Waals surface area contributed by atoms with Crippen LogP contribution in [0.2, 0.25) is 0 Å². The average molecular weight is 374 g/mol. The van der Waals surface area contributed by atoms with Gasteiger partial charge in [0.15, 0.2) is 0 Å². The molecule has 0 aliphatic heterocycles. The topological polar surface area (TPSA) is 33.1 Å². The van der Waals surface area contributed by atoms with Crippen LogP contribution < -0.4 is 0 Å². The lowest BCUT2D eigenvalue weighted by Crippen LogP contribution is -2.41. The first-order valence-electron chi connectivity index (χ1n) is 9.88. The molecule has 0 saturated heterocycles. The Kier molecular flexibility index (Phi) is 5.20. The van der Waals surface area contributed by atoms with Gasteiger partial charge in [-0.15, -0.1) is 0 Å². The number of aliphatic hydroxyl groups is 1. The Bertz CT molecular complexity index is 913. The molecule has 0 amide bonds. The van der Waals surface area contributed by atoms with E-state index in [0.717, 1.165) is 16.7 Å². The minimum Gasteiger partial charge on any atom is -0.380 e. The van der Waals surface area contributed by atoms with Crippen molar-refractivity contribution >= 4 is 0 Å². The number of nitrogens with zero attached hydrogens (tertiary/aromatic N) is 1. The van der Waals surface area contributed by atoms with E-state index in [1.165, 1.54) is 11.1 Å². The average Bonchev–Trinajstić information content (AvgIpc) is 2.67. The number of benzene rings is 2. The van der Waals surface area contributed by atoms with Gasteiger partial charge in [-0.2, -0.15) is 0 Å². The third-order valence-corrected chi connectivity index (χ3v) is 5.55. The molecule has 3 rings (SSSR count). The maximum Gasteiger partial charge on any atom is 0.121 e. The van der Waals surface area contributed by atoms with E-state index in [9.17, 15) is 5.11 Å². The van der Waals surface area contributed by atoms with E-state index in [-0.39, 0.29) is 10.8 Å². The lowest BCUT2D eigenvalue weighted by molar-refractivity contribution is -0.0261. The van der Waals surface area contributed by atoms with Gasteiger partial charge < -0.3 is 5.11 Å². The van der Waals surface area contributed by atoms with Crippen LogP contribution >= 0.6 is 0 Å². The third kappa shape index (κ3) is 3.74. The van der Waals surface area contributed by atoms with Gasteiger partial charge in [-0.1, -0.05) is 96.1 Å². The maximum absolute atomic E-state index is 11.7. The van der Waals surface area contributed by atoms with E-state index in [1.54, 1.807) is 12.4 Å². The van der Waals surface area contributed by atoms with Crippen LogP contribution in [-0.2, 0) is 11.0 Å². The molecular weight excluding hydrogens is 342 g/mol. The second kappa shape index (κ2) is 7.18. The van der Waals surface area contributed by atoms with Crippen molar-refractivity contribution in [1.82, 2.24) is 4.98 Å². The molecule has 1 heterocycles. The van der Waals surface area contributed by atoms with Gasteiger partial charge in [0.05, 0.1) is 0 Å². The van der Waals surface area contributed by atoms with Crippen LogP contribution in [0.3, 0.4) is 0 Å². The Hall–Kier alpha value is -2.45. The zero-order valence-electron chi connectivity index (χ0n) is 17.8. The molecule has 0 fully saturated rings. The summed E-state index contributed by atoms with van der Waals surface area (Å²) < 4.78 is 0. The molecule has 1 N–H and O–H groups in total. The number of hydrogen-bond donors (Lipinski definition) is 1. The van der Waals surface area contributed by atoms with Crippen LogP contribution in [0, 0.1) is 5.41 Å². The minimum atomic E-state index is -1.12.